The van der Waals surface area contributed by atoms with Gasteiger partial charge in [-0.1, -0.05) is 90.5 Å². The van der Waals surface area contributed by atoms with Gasteiger partial charge in [0, 0.05) is 17.0 Å². The third kappa shape index (κ3) is 6.13. The third-order valence-corrected chi connectivity index (χ3v) is 7.36. The van der Waals surface area contributed by atoms with E-state index in [1.807, 2.05) is 6.07 Å². The molecule has 0 unspecified atom stereocenters. The van der Waals surface area contributed by atoms with Gasteiger partial charge in [-0.05, 0) is 68.1 Å². The number of Topliss-reactive ketones (excluding diaryl/α,β-unsaturated/α-hetero) is 1. The van der Waals surface area contributed by atoms with Crippen LogP contribution in [0.25, 0.3) is 6.08 Å². The second-order valence-electron chi connectivity index (χ2n) is 9.28. The second kappa shape index (κ2) is 12.2. The van der Waals surface area contributed by atoms with E-state index in [4.69, 9.17) is 16.3 Å². The molecule has 3 aromatic rings. The van der Waals surface area contributed by atoms with Gasteiger partial charge >= 0.3 is 5.97 Å². The topological polar surface area (TPSA) is 46.6 Å². The lowest BCUT2D eigenvalue weighted by Gasteiger charge is -2.43. The Balaban J connectivity index is 1.32. The number of nitrogens with zero attached hydrogens (tertiary/aromatic N) is 1. The molecule has 0 radical (unpaired) electrons. The van der Waals surface area contributed by atoms with E-state index in [9.17, 15) is 9.59 Å². The monoisotopic (exact) mass is 501 g/mol. The van der Waals surface area contributed by atoms with Crippen LogP contribution in [0.15, 0.2) is 90.5 Å². The number of halogens is 1. The number of esters is 1. The van der Waals surface area contributed by atoms with Crippen molar-refractivity contribution in [3.63, 3.8) is 0 Å². The van der Waals surface area contributed by atoms with Crippen LogP contribution in [-0.4, -0.2) is 42.9 Å². The summed E-state index contributed by atoms with van der Waals surface area (Å²) < 4.78 is 5.45. The number of benzene rings is 3. The van der Waals surface area contributed by atoms with Crippen LogP contribution in [-0.2, 0) is 19.7 Å². The smallest absolute Gasteiger partial charge is 0.341 e. The van der Waals surface area contributed by atoms with Gasteiger partial charge in [0.1, 0.15) is 5.57 Å². The minimum absolute atomic E-state index is 0.0107. The lowest BCUT2D eigenvalue weighted by Crippen LogP contribution is -2.43. The van der Waals surface area contributed by atoms with Crippen LogP contribution < -0.4 is 0 Å². The first-order chi connectivity index (χ1) is 17.5. The van der Waals surface area contributed by atoms with E-state index in [-0.39, 0.29) is 23.4 Å². The first-order valence-corrected chi connectivity index (χ1v) is 12.8. The molecule has 3 aromatic carbocycles. The Morgan fingerprint density at radius 2 is 1.44 bits per heavy atom. The number of ketones is 1. The van der Waals surface area contributed by atoms with Crippen molar-refractivity contribution >= 4 is 29.4 Å². The predicted molar refractivity (Wildman–Crippen MR) is 145 cm³/mol. The van der Waals surface area contributed by atoms with Crippen LogP contribution in [0.2, 0.25) is 5.02 Å². The number of ether oxygens (including phenoxy) is 1. The quantitative estimate of drug-likeness (QED) is 0.113. The Kier molecular flexibility index (Phi) is 8.74. The highest BCUT2D eigenvalue weighted by atomic mass is 35.5. The molecule has 1 fully saturated rings. The molecule has 1 aliphatic heterocycles. The summed E-state index contributed by atoms with van der Waals surface area (Å²) in [6, 6.07) is 28.7. The molecule has 4 nitrogen and oxygen atoms in total. The molecule has 0 spiro atoms. The van der Waals surface area contributed by atoms with Crippen LogP contribution in [0.5, 0.6) is 0 Å². The molecule has 0 bridgehead atoms. The van der Waals surface area contributed by atoms with Crippen LogP contribution in [0, 0.1) is 0 Å². The van der Waals surface area contributed by atoms with Gasteiger partial charge < -0.3 is 9.64 Å². The summed E-state index contributed by atoms with van der Waals surface area (Å²) in [5, 5.41) is 0.483. The minimum atomic E-state index is -0.603. The van der Waals surface area contributed by atoms with E-state index >= 15 is 0 Å². The van der Waals surface area contributed by atoms with Crippen molar-refractivity contribution in [1.29, 1.82) is 0 Å². The standard InChI is InChI=1S/C31H32ClNO3/c1-24(34)28(23-25-11-8-9-16-29(25)32)30(35)36-22-10-19-33-20-17-31(18-21-33,26-12-4-2-5-13-26)27-14-6-3-7-15-27/h2-9,11-16,23H,10,17-22H2,1H3. The molecule has 0 amide bonds. The van der Waals surface area contributed by atoms with Crippen molar-refractivity contribution in [2.24, 2.45) is 0 Å². The number of hydrogen-bond acceptors (Lipinski definition) is 4. The highest BCUT2D eigenvalue weighted by Gasteiger charge is 2.37. The van der Waals surface area contributed by atoms with Gasteiger partial charge in [-0.25, -0.2) is 4.79 Å². The Hall–Kier alpha value is -3.21. The molecule has 4 rings (SSSR count). The Labute approximate surface area is 218 Å². The highest BCUT2D eigenvalue weighted by Crippen LogP contribution is 2.41. The van der Waals surface area contributed by atoms with Crippen molar-refractivity contribution < 1.29 is 14.3 Å². The summed E-state index contributed by atoms with van der Waals surface area (Å²) in [6.07, 6.45) is 4.29. The van der Waals surface area contributed by atoms with Gasteiger partial charge in [0.2, 0.25) is 0 Å². The molecule has 0 N–H and O–H groups in total. The summed E-state index contributed by atoms with van der Waals surface area (Å²) in [5.74, 6) is -0.942. The molecule has 0 aliphatic carbocycles. The summed E-state index contributed by atoms with van der Waals surface area (Å²) in [5.41, 5.74) is 3.39. The average molecular weight is 502 g/mol. The zero-order valence-corrected chi connectivity index (χ0v) is 21.4. The van der Waals surface area contributed by atoms with E-state index in [2.05, 4.69) is 65.6 Å². The lowest BCUT2D eigenvalue weighted by atomic mass is 9.68. The maximum Gasteiger partial charge on any atom is 0.341 e. The van der Waals surface area contributed by atoms with Crippen LogP contribution in [0.4, 0.5) is 0 Å². The second-order valence-corrected chi connectivity index (χ2v) is 9.69. The zero-order chi connectivity index (χ0) is 25.4. The zero-order valence-electron chi connectivity index (χ0n) is 20.7. The van der Waals surface area contributed by atoms with Crippen molar-refractivity contribution in [3.05, 3.63) is 112 Å². The van der Waals surface area contributed by atoms with Crippen molar-refractivity contribution in [3.8, 4) is 0 Å². The number of rotatable bonds is 9. The van der Waals surface area contributed by atoms with E-state index in [1.165, 1.54) is 24.1 Å². The van der Waals surface area contributed by atoms with Gasteiger partial charge in [-0.2, -0.15) is 0 Å². The molecule has 0 aromatic heterocycles. The summed E-state index contributed by atoms with van der Waals surface area (Å²) in [6.45, 7) is 4.43. The molecule has 5 heteroatoms. The molecular formula is C31H32ClNO3. The first-order valence-electron chi connectivity index (χ1n) is 12.5. The summed E-state index contributed by atoms with van der Waals surface area (Å²) in [7, 11) is 0. The van der Waals surface area contributed by atoms with Crippen molar-refractivity contribution in [2.45, 2.75) is 31.6 Å². The molecule has 0 saturated carbocycles. The van der Waals surface area contributed by atoms with Gasteiger partial charge in [-0.3, -0.25) is 4.79 Å². The maximum atomic E-state index is 12.6. The molecular weight excluding hydrogens is 470 g/mol. The average Bonchev–Trinajstić information content (AvgIpc) is 2.91. The predicted octanol–water partition coefficient (Wildman–Crippen LogP) is 6.33. The van der Waals surface area contributed by atoms with E-state index in [0.29, 0.717) is 17.0 Å². The maximum absolute atomic E-state index is 12.6. The molecule has 1 saturated heterocycles. The Morgan fingerprint density at radius 3 is 2.00 bits per heavy atom. The normalized spacial score (nSPS) is 15.9. The summed E-state index contributed by atoms with van der Waals surface area (Å²) >= 11 is 6.18. The fourth-order valence-electron chi connectivity index (χ4n) is 5.00. The SMILES string of the molecule is CC(=O)C(=Cc1ccccc1Cl)C(=O)OCCCN1CCC(c2ccccc2)(c2ccccc2)CC1. The number of likely N-dealkylation sites (tertiary alicyclic amines) is 1. The van der Waals surface area contributed by atoms with Crippen molar-refractivity contribution in [2.75, 3.05) is 26.2 Å². The van der Waals surface area contributed by atoms with Gasteiger partial charge in [0.05, 0.1) is 6.61 Å². The molecule has 0 atom stereocenters. The lowest BCUT2D eigenvalue weighted by molar-refractivity contribution is -0.140. The molecule has 36 heavy (non-hydrogen) atoms. The number of piperidine rings is 1. The Morgan fingerprint density at radius 1 is 0.889 bits per heavy atom. The number of hydrogen-bond donors (Lipinski definition) is 0. The van der Waals surface area contributed by atoms with Gasteiger partial charge in [0.15, 0.2) is 5.78 Å². The number of carbonyl (C=O) groups is 2. The van der Waals surface area contributed by atoms with Gasteiger partial charge in [0.25, 0.3) is 0 Å². The number of carbonyl (C=O) groups excluding carboxylic acids is 2. The fraction of sp³-hybridized carbons (Fsp3) is 0.290. The van der Waals surface area contributed by atoms with E-state index in [0.717, 1.165) is 32.5 Å². The van der Waals surface area contributed by atoms with E-state index < -0.39 is 5.97 Å². The molecule has 1 aliphatic rings. The molecule has 1 heterocycles. The van der Waals surface area contributed by atoms with Crippen LogP contribution in [0.3, 0.4) is 0 Å². The summed E-state index contributed by atoms with van der Waals surface area (Å²) in [4.78, 5) is 27.1. The highest BCUT2D eigenvalue weighted by molar-refractivity contribution is 6.32. The van der Waals surface area contributed by atoms with E-state index in [1.54, 1.807) is 18.2 Å². The van der Waals surface area contributed by atoms with Crippen molar-refractivity contribution in [1.82, 2.24) is 4.90 Å². The van der Waals surface area contributed by atoms with Gasteiger partial charge in [-0.15, -0.1) is 0 Å². The van der Waals surface area contributed by atoms with Crippen LogP contribution >= 0.6 is 11.6 Å². The largest absolute Gasteiger partial charge is 0.462 e. The minimum Gasteiger partial charge on any atom is -0.462 e. The first kappa shape index (κ1) is 25.9. The van der Waals surface area contributed by atoms with Crippen LogP contribution in [0.1, 0.15) is 42.9 Å². The molecule has 186 valence electrons. The third-order valence-electron chi connectivity index (χ3n) is 7.02. The Bertz CT molecular complexity index is 1160. The fourth-order valence-corrected chi connectivity index (χ4v) is 5.19.